The lowest BCUT2D eigenvalue weighted by Gasteiger charge is -2.30. The number of amides is 1. The lowest BCUT2D eigenvalue weighted by atomic mass is 9.92. The van der Waals surface area contributed by atoms with Crippen LogP contribution in [-0.4, -0.2) is 44.2 Å². The van der Waals surface area contributed by atoms with Gasteiger partial charge in [0.05, 0.1) is 0 Å². The summed E-state index contributed by atoms with van der Waals surface area (Å²) in [6, 6.07) is 0. The van der Waals surface area contributed by atoms with Gasteiger partial charge in [0.2, 0.25) is 5.91 Å². The summed E-state index contributed by atoms with van der Waals surface area (Å²) in [5, 5.41) is 0. The molecule has 0 atom stereocenters. The summed E-state index contributed by atoms with van der Waals surface area (Å²) in [4.78, 5) is 13.9. The Kier molecular flexibility index (Phi) is 7.83. The monoisotopic (exact) mass is 278 g/mol. The summed E-state index contributed by atoms with van der Waals surface area (Å²) in [6.45, 7) is 7.11. The fourth-order valence-corrected chi connectivity index (χ4v) is 2.15. The molecule has 0 aliphatic carbocycles. The van der Waals surface area contributed by atoms with E-state index >= 15 is 0 Å². The molecule has 0 unspecified atom stereocenters. The minimum atomic E-state index is 0. The van der Waals surface area contributed by atoms with Crippen molar-refractivity contribution in [3.63, 3.8) is 0 Å². The summed E-state index contributed by atoms with van der Waals surface area (Å²) in [5.41, 5.74) is 5.68. The molecule has 1 fully saturated rings. The predicted octanol–water partition coefficient (Wildman–Crippen LogP) is 1.67. The van der Waals surface area contributed by atoms with Crippen LogP contribution >= 0.6 is 12.4 Å². The molecule has 1 amide bonds. The van der Waals surface area contributed by atoms with Gasteiger partial charge in [0.15, 0.2) is 0 Å². The van der Waals surface area contributed by atoms with Crippen LogP contribution in [0.5, 0.6) is 0 Å². The first-order chi connectivity index (χ1) is 7.94. The van der Waals surface area contributed by atoms with Crippen molar-refractivity contribution in [2.75, 3.05) is 33.4 Å². The van der Waals surface area contributed by atoms with Crippen LogP contribution in [0.2, 0.25) is 0 Å². The van der Waals surface area contributed by atoms with Crippen LogP contribution in [-0.2, 0) is 9.53 Å². The average molecular weight is 279 g/mol. The van der Waals surface area contributed by atoms with Crippen LogP contribution in [0.15, 0.2) is 0 Å². The second-order valence-corrected chi connectivity index (χ2v) is 5.88. The molecular formula is C13H27ClN2O2. The molecular weight excluding hydrogens is 252 g/mol. The van der Waals surface area contributed by atoms with E-state index in [0.29, 0.717) is 18.9 Å². The fraction of sp³-hybridized carbons (Fsp3) is 0.923. The second-order valence-electron chi connectivity index (χ2n) is 5.88. The number of nitrogens with zero attached hydrogens (tertiary/aromatic N) is 1. The number of ether oxygens (including phenoxy) is 1. The lowest BCUT2D eigenvalue weighted by molar-refractivity contribution is -0.132. The van der Waals surface area contributed by atoms with Crippen molar-refractivity contribution in [3.8, 4) is 0 Å². The van der Waals surface area contributed by atoms with Crippen LogP contribution < -0.4 is 5.73 Å². The van der Waals surface area contributed by atoms with Gasteiger partial charge in [-0.25, -0.2) is 0 Å². The third-order valence-electron chi connectivity index (χ3n) is 3.45. The minimum absolute atomic E-state index is 0. The topological polar surface area (TPSA) is 55.6 Å². The van der Waals surface area contributed by atoms with E-state index in [0.717, 1.165) is 32.6 Å². The van der Waals surface area contributed by atoms with Gasteiger partial charge in [-0.2, -0.15) is 0 Å². The van der Waals surface area contributed by atoms with E-state index < -0.39 is 0 Å². The van der Waals surface area contributed by atoms with E-state index in [1.54, 1.807) is 0 Å². The molecule has 0 aromatic heterocycles. The van der Waals surface area contributed by atoms with Gasteiger partial charge in [-0.3, -0.25) is 4.79 Å². The molecule has 4 nitrogen and oxygen atoms in total. The summed E-state index contributed by atoms with van der Waals surface area (Å²) in [5.74, 6) is 0.734. The smallest absolute Gasteiger partial charge is 0.222 e. The Morgan fingerprint density at radius 1 is 1.39 bits per heavy atom. The third kappa shape index (κ3) is 6.03. The summed E-state index contributed by atoms with van der Waals surface area (Å²) >= 11 is 0. The number of nitrogens with two attached hydrogens (primary N) is 1. The zero-order valence-electron chi connectivity index (χ0n) is 11.8. The van der Waals surface area contributed by atoms with Crippen molar-refractivity contribution in [3.05, 3.63) is 0 Å². The van der Waals surface area contributed by atoms with E-state index in [1.807, 2.05) is 11.9 Å². The quantitative estimate of drug-likeness (QED) is 0.832. The molecule has 1 saturated heterocycles. The fourth-order valence-electron chi connectivity index (χ4n) is 2.15. The number of carbonyl (C=O) groups excluding carboxylic acids is 1. The maximum Gasteiger partial charge on any atom is 0.222 e. The average Bonchev–Trinajstić information content (AvgIpc) is 2.30. The summed E-state index contributed by atoms with van der Waals surface area (Å²) in [6.07, 6.45) is 2.68. The number of carbonyl (C=O) groups is 1. The van der Waals surface area contributed by atoms with Crippen molar-refractivity contribution in [1.29, 1.82) is 0 Å². The van der Waals surface area contributed by atoms with Crippen LogP contribution in [0.4, 0.5) is 0 Å². The van der Waals surface area contributed by atoms with E-state index in [9.17, 15) is 4.79 Å². The standard InChI is InChI=1S/C13H26N2O2.ClH/c1-13(2,9-14)10-15(3)12(16)8-11-4-6-17-7-5-11;/h11H,4-10,14H2,1-3H3;1H. The molecule has 0 bridgehead atoms. The Morgan fingerprint density at radius 2 is 1.94 bits per heavy atom. The molecule has 18 heavy (non-hydrogen) atoms. The van der Waals surface area contributed by atoms with Gasteiger partial charge in [-0.1, -0.05) is 13.8 Å². The molecule has 0 spiro atoms. The van der Waals surface area contributed by atoms with Crippen LogP contribution in [0.1, 0.15) is 33.1 Å². The van der Waals surface area contributed by atoms with Crippen LogP contribution in [0.25, 0.3) is 0 Å². The van der Waals surface area contributed by atoms with Crippen LogP contribution in [0, 0.1) is 11.3 Å². The maximum atomic E-state index is 12.0. The van der Waals surface area contributed by atoms with E-state index in [4.69, 9.17) is 10.5 Å². The van der Waals surface area contributed by atoms with Crippen molar-refractivity contribution in [1.82, 2.24) is 4.90 Å². The molecule has 1 heterocycles. The minimum Gasteiger partial charge on any atom is -0.381 e. The molecule has 108 valence electrons. The van der Waals surface area contributed by atoms with E-state index in [1.165, 1.54) is 0 Å². The SMILES string of the molecule is CN(CC(C)(C)CN)C(=O)CC1CCOCC1.Cl. The first kappa shape index (κ1) is 17.7. The Labute approximate surface area is 117 Å². The van der Waals surface area contributed by atoms with E-state index in [-0.39, 0.29) is 23.7 Å². The first-order valence-corrected chi connectivity index (χ1v) is 6.46. The molecule has 0 saturated carbocycles. The Balaban J connectivity index is 0.00000289. The van der Waals surface area contributed by atoms with Crippen molar-refractivity contribution in [2.24, 2.45) is 17.1 Å². The van der Waals surface area contributed by atoms with Gasteiger partial charge in [0, 0.05) is 33.2 Å². The Bertz CT molecular complexity index is 253. The summed E-state index contributed by atoms with van der Waals surface area (Å²) in [7, 11) is 1.87. The molecule has 0 radical (unpaired) electrons. The van der Waals surface area contributed by atoms with Crippen LogP contribution in [0.3, 0.4) is 0 Å². The van der Waals surface area contributed by atoms with Crippen molar-refractivity contribution in [2.45, 2.75) is 33.1 Å². The van der Waals surface area contributed by atoms with Gasteiger partial charge < -0.3 is 15.4 Å². The molecule has 2 N–H and O–H groups in total. The van der Waals surface area contributed by atoms with Gasteiger partial charge in [-0.15, -0.1) is 12.4 Å². The lowest BCUT2D eigenvalue weighted by Crippen LogP contribution is -2.40. The third-order valence-corrected chi connectivity index (χ3v) is 3.45. The zero-order valence-corrected chi connectivity index (χ0v) is 12.6. The Hall–Kier alpha value is -0.320. The largest absolute Gasteiger partial charge is 0.381 e. The molecule has 5 heteroatoms. The molecule has 1 aliphatic rings. The van der Waals surface area contributed by atoms with Gasteiger partial charge in [-0.05, 0) is 30.7 Å². The van der Waals surface area contributed by atoms with Crippen molar-refractivity contribution < 1.29 is 9.53 Å². The summed E-state index contributed by atoms with van der Waals surface area (Å²) < 4.78 is 5.30. The number of hydrogen-bond acceptors (Lipinski definition) is 3. The molecule has 0 aromatic carbocycles. The number of halogens is 1. The zero-order chi connectivity index (χ0) is 12.9. The Morgan fingerprint density at radius 3 is 2.44 bits per heavy atom. The number of hydrogen-bond donors (Lipinski definition) is 1. The highest BCUT2D eigenvalue weighted by atomic mass is 35.5. The van der Waals surface area contributed by atoms with Crippen molar-refractivity contribution >= 4 is 18.3 Å². The number of rotatable bonds is 5. The molecule has 1 rings (SSSR count). The highest BCUT2D eigenvalue weighted by molar-refractivity contribution is 5.85. The highest BCUT2D eigenvalue weighted by Gasteiger charge is 2.24. The normalized spacial score (nSPS) is 17.1. The van der Waals surface area contributed by atoms with Gasteiger partial charge in [0.1, 0.15) is 0 Å². The first-order valence-electron chi connectivity index (χ1n) is 6.46. The maximum absolute atomic E-state index is 12.0. The molecule has 0 aromatic rings. The van der Waals surface area contributed by atoms with Gasteiger partial charge >= 0.3 is 0 Å². The van der Waals surface area contributed by atoms with Gasteiger partial charge in [0.25, 0.3) is 0 Å². The second kappa shape index (κ2) is 7.97. The molecule has 1 aliphatic heterocycles. The predicted molar refractivity (Wildman–Crippen MR) is 75.9 cm³/mol. The van der Waals surface area contributed by atoms with E-state index in [2.05, 4.69) is 13.8 Å². The highest BCUT2D eigenvalue weighted by Crippen LogP contribution is 2.20.